The molecule has 1 aliphatic carbocycles. The van der Waals surface area contributed by atoms with Gasteiger partial charge in [-0.3, -0.25) is 0 Å². The molecule has 1 aliphatic heterocycles. The molecule has 19 heavy (non-hydrogen) atoms. The average Bonchev–Trinajstić information content (AvgIpc) is 2.82. The van der Waals surface area contributed by atoms with E-state index in [4.69, 9.17) is 19.9 Å². The minimum Gasteiger partial charge on any atom is -0.489 e. The minimum atomic E-state index is 0.0617. The molecule has 2 unspecified atom stereocenters. The van der Waals surface area contributed by atoms with E-state index in [0.717, 1.165) is 36.5 Å². The second-order valence-corrected chi connectivity index (χ2v) is 6.08. The summed E-state index contributed by atoms with van der Waals surface area (Å²) >= 11 is 0. The van der Waals surface area contributed by atoms with Crippen molar-refractivity contribution in [1.82, 2.24) is 0 Å². The second kappa shape index (κ2) is 4.60. The topological polar surface area (TPSA) is 53.7 Å². The van der Waals surface area contributed by atoms with Gasteiger partial charge >= 0.3 is 0 Å². The third kappa shape index (κ3) is 2.37. The van der Waals surface area contributed by atoms with Gasteiger partial charge in [0.2, 0.25) is 6.79 Å². The number of hydrogen-bond donors (Lipinski definition) is 1. The van der Waals surface area contributed by atoms with Crippen LogP contribution in [0.2, 0.25) is 0 Å². The highest BCUT2D eigenvalue weighted by molar-refractivity contribution is 5.46. The molecule has 2 aliphatic rings. The van der Waals surface area contributed by atoms with Crippen molar-refractivity contribution >= 4 is 0 Å². The van der Waals surface area contributed by atoms with Crippen LogP contribution in [0.25, 0.3) is 0 Å². The number of hydrogen-bond acceptors (Lipinski definition) is 4. The Kier molecular flexibility index (Phi) is 3.05. The molecule has 0 amide bonds. The monoisotopic (exact) mass is 263 g/mol. The Morgan fingerprint density at radius 1 is 1.26 bits per heavy atom. The lowest BCUT2D eigenvalue weighted by molar-refractivity contribution is 0.0566. The van der Waals surface area contributed by atoms with Gasteiger partial charge in [0.1, 0.15) is 11.9 Å². The lowest BCUT2D eigenvalue weighted by atomic mass is 9.72. The Hall–Kier alpha value is -1.42. The van der Waals surface area contributed by atoms with E-state index in [1.807, 2.05) is 18.2 Å². The zero-order chi connectivity index (χ0) is 13.5. The van der Waals surface area contributed by atoms with Gasteiger partial charge in [0, 0.05) is 12.1 Å². The van der Waals surface area contributed by atoms with Crippen molar-refractivity contribution < 1.29 is 14.2 Å². The van der Waals surface area contributed by atoms with E-state index in [9.17, 15) is 0 Å². The SMILES string of the molecule is CC1(C)CCCC(Oc2ccc3c(c2)OCO3)C1N. The van der Waals surface area contributed by atoms with Gasteiger partial charge in [0.25, 0.3) is 0 Å². The highest BCUT2D eigenvalue weighted by Gasteiger charge is 2.37. The molecular formula is C15H21NO3. The predicted octanol–water partition coefficient (Wildman–Crippen LogP) is 2.70. The highest BCUT2D eigenvalue weighted by atomic mass is 16.7. The van der Waals surface area contributed by atoms with E-state index >= 15 is 0 Å². The number of nitrogens with two attached hydrogens (primary N) is 1. The maximum atomic E-state index is 6.34. The van der Waals surface area contributed by atoms with Gasteiger partial charge in [0.15, 0.2) is 11.5 Å². The summed E-state index contributed by atoms with van der Waals surface area (Å²) < 4.78 is 16.7. The van der Waals surface area contributed by atoms with Crippen LogP contribution in [0, 0.1) is 5.41 Å². The summed E-state index contributed by atoms with van der Waals surface area (Å²) in [6.07, 6.45) is 3.41. The molecule has 1 heterocycles. The normalized spacial score (nSPS) is 28.2. The quantitative estimate of drug-likeness (QED) is 0.891. The Morgan fingerprint density at radius 3 is 2.89 bits per heavy atom. The molecule has 2 atom stereocenters. The standard InChI is InChI=1S/C15H21NO3/c1-15(2)7-3-4-12(14(15)16)19-10-5-6-11-13(8-10)18-9-17-11/h5-6,8,12,14H,3-4,7,9,16H2,1-2H3. The van der Waals surface area contributed by atoms with E-state index in [1.165, 1.54) is 0 Å². The third-order valence-corrected chi connectivity index (χ3v) is 4.24. The first-order valence-corrected chi connectivity index (χ1v) is 6.88. The molecule has 0 aromatic heterocycles. The molecule has 2 N–H and O–H groups in total. The van der Waals surface area contributed by atoms with Crippen molar-refractivity contribution in [2.75, 3.05) is 6.79 Å². The first-order chi connectivity index (χ1) is 9.06. The van der Waals surface area contributed by atoms with Crippen LogP contribution in [0.1, 0.15) is 33.1 Å². The van der Waals surface area contributed by atoms with Crippen LogP contribution >= 0.6 is 0 Å². The van der Waals surface area contributed by atoms with Crippen molar-refractivity contribution in [2.24, 2.45) is 11.1 Å². The molecule has 4 nitrogen and oxygen atoms in total. The van der Waals surface area contributed by atoms with Gasteiger partial charge in [-0.05, 0) is 36.8 Å². The molecule has 0 radical (unpaired) electrons. The summed E-state index contributed by atoms with van der Waals surface area (Å²) in [4.78, 5) is 0. The van der Waals surface area contributed by atoms with Gasteiger partial charge in [-0.15, -0.1) is 0 Å². The van der Waals surface area contributed by atoms with Gasteiger partial charge in [-0.25, -0.2) is 0 Å². The van der Waals surface area contributed by atoms with Crippen LogP contribution in [0.15, 0.2) is 18.2 Å². The number of rotatable bonds is 2. The lowest BCUT2D eigenvalue weighted by Gasteiger charge is -2.41. The first-order valence-electron chi connectivity index (χ1n) is 6.88. The molecule has 1 aromatic rings. The van der Waals surface area contributed by atoms with E-state index in [1.54, 1.807) is 0 Å². The maximum Gasteiger partial charge on any atom is 0.231 e. The van der Waals surface area contributed by atoms with Gasteiger partial charge in [0.05, 0.1) is 0 Å². The van der Waals surface area contributed by atoms with Crippen LogP contribution in [0.4, 0.5) is 0 Å². The van der Waals surface area contributed by atoms with Crippen LogP contribution in [0.3, 0.4) is 0 Å². The van der Waals surface area contributed by atoms with Crippen molar-refractivity contribution in [1.29, 1.82) is 0 Å². The van der Waals surface area contributed by atoms with Gasteiger partial charge < -0.3 is 19.9 Å². The van der Waals surface area contributed by atoms with Crippen LogP contribution in [0.5, 0.6) is 17.2 Å². The predicted molar refractivity (Wildman–Crippen MR) is 72.6 cm³/mol. The summed E-state index contributed by atoms with van der Waals surface area (Å²) in [5.74, 6) is 2.34. The molecular weight excluding hydrogens is 242 g/mol. The Morgan fingerprint density at radius 2 is 2.05 bits per heavy atom. The Bertz CT molecular complexity index is 472. The van der Waals surface area contributed by atoms with Crippen molar-refractivity contribution in [2.45, 2.75) is 45.3 Å². The van der Waals surface area contributed by atoms with Gasteiger partial charge in [-0.2, -0.15) is 0 Å². The van der Waals surface area contributed by atoms with E-state index < -0.39 is 0 Å². The zero-order valence-electron chi connectivity index (χ0n) is 11.5. The average molecular weight is 263 g/mol. The molecule has 1 aromatic carbocycles. The van der Waals surface area contributed by atoms with E-state index in [-0.39, 0.29) is 24.4 Å². The molecule has 4 heteroatoms. The molecule has 104 valence electrons. The summed E-state index contributed by atoms with van der Waals surface area (Å²) in [7, 11) is 0. The lowest BCUT2D eigenvalue weighted by Crippen LogP contribution is -2.51. The molecule has 0 bridgehead atoms. The molecule has 3 rings (SSSR count). The van der Waals surface area contributed by atoms with Crippen molar-refractivity contribution in [3.8, 4) is 17.2 Å². The Labute approximate surface area is 113 Å². The Balaban J connectivity index is 1.74. The minimum absolute atomic E-state index is 0.0617. The number of ether oxygens (including phenoxy) is 3. The van der Waals surface area contributed by atoms with Crippen LogP contribution in [-0.4, -0.2) is 18.9 Å². The maximum absolute atomic E-state index is 6.34. The number of benzene rings is 1. The fourth-order valence-corrected chi connectivity index (χ4v) is 2.87. The van der Waals surface area contributed by atoms with Crippen LogP contribution < -0.4 is 19.9 Å². The molecule has 0 saturated heterocycles. The summed E-state index contributed by atoms with van der Waals surface area (Å²) in [6, 6.07) is 5.75. The van der Waals surface area contributed by atoms with Gasteiger partial charge in [-0.1, -0.05) is 13.8 Å². The largest absolute Gasteiger partial charge is 0.489 e. The third-order valence-electron chi connectivity index (χ3n) is 4.24. The molecule has 1 fully saturated rings. The summed E-state index contributed by atoms with van der Waals surface area (Å²) in [6.45, 7) is 4.72. The molecule has 0 spiro atoms. The fraction of sp³-hybridized carbons (Fsp3) is 0.600. The number of fused-ring (bicyclic) bond motifs is 1. The molecule has 1 saturated carbocycles. The summed E-state index contributed by atoms with van der Waals surface area (Å²) in [5.41, 5.74) is 6.47. The zero-order valence-corrected chi connectivity index (χ0v) is 11.5. The van der Waals surface area contributed by atoms with E-state index in [0.29, 0.717) is 0 Å². The van der Waals surface area contributed by atoms with Crippen molar-refractivity contribution in [3.63, 3.8) is 0 Å². The fourth-order valence-electron chi connectivity index (χ4n) is 2.87. The highest BCUT2D eigenvalue weighted by Crippen LogP contribution is 2.39. The second-order valence-electron chi connectivity index (χ2n) is 6.08. The van der Waals surface area contributed by atoms with Crippen molar-refractivity contribution in [3.05, 3.63) is 18.2 Å². The summed E-state index contributed by atoms with van der Waals surface area (Å²) in [5, 5.41) is 0. The van der Waals surface area contributed by atoms with E-state index in [2.05, 4.69) is 13.8 Å². The first kappa shape index (κ1) is 12.6. The van der Waals surface area contributed by atoms with Crippen LogP contribution in [-0.2, 0) is 0 Å². The smallest absolute Gasteiger partial charge is 0.231 e.